The van der Waals surface area contributed by atoms with Crippen LogP contribution in [0.15, 0.2) is 24.3 Å². The van der Waals surface area contributed by atoms with E-state index in [-0.39, 0.29) is 12.7 Å². The molecule has 1 aromatic carbocycles. The largest absolute Gasteiger partial charge is 0.396 e. The molecule has 1 unspecified atom stereocenters. The van der Waals surface area contributed by atoms with Gasteiger partial charge in [-0.25, -0.2) is 0 Å². The molecule has 0 saturated carbocycles. The lowest BCUT2D eigenvalue weighted by atomic mass is 9.95. The maximum Gasteiger partial charge on any atom is 0.0828 e. The highest BCUT2D eigenvalue weighted by atomic mass is 16.5. The normalized spacial score (nSPS) is 20.5. The molecule has 0 spiro atoms. The van der Waals surface area contributed by atoms with Crippen LogP contribution in [0.5, 0.6) is 0 Å². The van der Waals surface area contributed by atoms with Gasteiger partial charge in [0.05, 0.1) is 12.7 Å². The van der Waals surface area contributed by atoms with Gasteiger partial charge in [0.15, 0.2) is 0 Å². The summed E-state index contributed by atoms with van der Waals surface area (Å²) in [5.74, 6) is 0. The Bertz CT molecular complexity index is 296. The van der Waals surface area contributed by atoms with Crippen molar-refractivity contribution in [1.82, 2.24) is 0 Å². The standard InChI is InChI=1S/C12H16O2/c13-8-3-6-12-11-5-2-1-4-10(11)7-9-14-12/h1-2,4-5,12-13H,3,6-9H2. The van der Waals surface area contributed by atoms with Crippen molar-refractivity contribution in [1.29, 1.82) is 0 Å². The maximum absolute atomic E-state index is 8.79. The second-order valence-corrected chi connectivity index (χ2v) is 3.67. The zero-order chi connectivity index (χ0) is 9.80. The van der Waals surface area contributed by atoms with Crippen LogP contribution in [-0.4, -0.2) is 18.3 Å². The Morgan fingerprint density at radius 2 is 2.21 bits per heavy atom. The molecule has 0 amide bonds. The summed E-state index contributed by atoms with van der Waals surface area (Å²) in [6.45, 7) is 1.06. The van der Waals surface area contributed by atoms with E-state index in [1.165, 1.54) is 11.1 Å². The Morgan fingerprint density at radius 1 is 1.36 bits per heavy atom. The number of fused-ring (bicyclic) bond motifs is 1. The van der Waals surface area contributed by atoms with E-state index in [1.807, 2.05) is 0 Å². The van der Waals surface area contributed by atoms with E-state index in [0.717, 1.165) is 25.9 Å². The van der Waals surface area contributed by atoms with Gasteiger partial charge in [0.1, 0.15) is 0 Å². The molecule has 2 nitrogen and oxygen atoms in total. The Balaban J connectivity index is 2.14. The monoisotopic (exact) mass is 192 g/mol. The van der Waals surface area contributed by atoms with Crippen LogP contribution in [0, 0.1) is 0 Å². The van der Waals surface area contributed by atoms with Crippen molar-refractivity contribution < 1.29 is 9.84 Å². The molecule has 1 aliphatic heterocycles. The van der Waals surface area contributed by atoms with Crippen molar-refractivity contribution in [2.24, 2.45) is 0 Å². The van der Waals surface area contributed by atoms with Gasteiger partial charge in [-0.2, -0.15) is 0 Å². The summed E-state index contributed by atoms with van der Waals surface area (Å²) in [5, 5.41) is 8.79. The predicted octanol–water partition coefficient (Wildman–Crippen LogP) is 2.07. The molecule has 76 valence electrons. The first-order valence-electron chi connectivity index (χ1n) is 5.22. The fourth-order valence-electron chi connectivity index (χ4n) is 1.99. The van der Waals surface area contributed by atoms with Gasteiger partial charge in [0.2, 0.25) is 0 Å². The maximum atomic E-state index is 8.79. The molecule has 2 rings (SSSR count). The fraction of sp³-hybridized carbons (Fsp3) is 0.500. The second-order valence-electron chi connectivity index (χ2n) is 3.67. The third-order valence-electron chi connectivity index (χ3n) is 2.72. The molecular formula is C12H16O2. The molecule has 1 aromatic rings. The average Bonchev–Trinajstić information content (AvgIpc) is 2.26. The lowest BCUT2D eigenvalue weighted by molar-refractivity contribution is 0.0321. The molecule has 1 heterocycles. The van der Waals surface area contributed by atoms with Crippen LogP contribution in [0.25, 0.3) is 0 Å². The minimum absolute atomic E-state index is 0.201. The predicted molar refractivity (Wildman–Crippen MR) is 55.2 cm³/mol. The van der Waals surface area contributed by atoms with Crippen molar-refractivity contribution in [3.63, 3.8) is 0 Å². The van der Waals surface area contributed by atoms with Crippen molar-refractivity contribution >= 4 is 0 Å². The van der Waals surface area contributed by atoms with Gasteiger partial charge >= 0.3 is 0 Å². The molecule has 0 aromatic heterocycles. The minimum atomic E-state index is 0.201. The Hall–Kier alpha value is -0.860. The Morgan fingerprint density at radius 3 is 3.07 bits per heavy atom. The van der Waals surface area contributed by atoms with Crippen LogP contribution < -0.4 is 0 Å². The van der Waals surface area contributed by atoms with E-state index in [4.69, 9.17) is 9.84 Å². The van der Waals surface area contributed by atoms with Crippen molar-refractivity contribution in [3.05, 3.63) is 35.4 Å². The molecule has 1 N–H and O–H groups in total. The molecule has 2 heteroatoms. The number of hydrogen-bond donors (Lipinski definition) is 1. The number of aliphatic hydroxyl groups is 1. The summed E-state index contributed by atoms with van der Waals surface area (Å²) < 4.78 is 5.70. The lowest BCUT2D eigenvalue weighted by Gasteiger charge is -2.25. The van der Waals surface area contributed by atoms with Crippen LogP contribution >= 0.6 is 0 Å². The highest BCUT2D eigenvalue weighted by molar-refractivity contribution is 5.30. The summed E-state index contributed by atoms with van der Waals surface area (Å²) >= 11 is 0. The number of benzene rings is 1. The molecule has 0 bridgehead atoms. The molecule has 0 fully saturated rings. The smallest absolute Gasteiger partial charge is 0.0828 e. The van der Waals surface area contributed by atoms with Gasteiger partial charge < -0.3 is 9.84 Å². The first-order chi connectivity index (χ1) is 6.92. The van der Waals surface area contributed by atoms with Crippen LogP contribution in [0.4, 0.5) is 0 Å². The number of rotatable bonds is 3. The summed E-state index contributed by atoms with van der Waals surface area (Å²) in [6.07, 6.45) is 2.96. The third kappa shape index (κ3) is 1.97. The zero-order valence-electron chi connectivity index (χ0n) is 8.28. The first kappa shape index (κ1) is 9.69. The van der Waals surface area contributed by atoms with Crippen LogP contribution in [0.3, 0.4) is 0 Å². The first-order valence-corrected chi connectivity index (χ1v) is 5.22. The molecule has 0 aliphatic carbocycles. The van der Waals surface area contributed by atoms with Gasteiger partial charge in [-0.15, -0.1) is 0 Å². The number of aliphatic hydroxyl groups excluding tert-OH is 1. The van der Waals surface area contributed by atoms with Crippen LogP contribution in [0.1, 0.15) is 30.1 Å². The summed E-state index contributed by atoms with van der Waals surface area (Å²) in [6, 6.07) is 8.44. The summed E-state index contributed by atoms with van der Waals surface area (Å²) in [4.78, 5) is 0. The zero-order valence-corrected chi connectivity index (χ0v) is 8.28. The minimum Gasteiger partial charge on any atom is -0.396 e. The van der Waals surface area contributed by atoms with Crippen molar-refractivity contribution in [2.45, 2.75) is 25.4 Å². The van der Waals surface area contributed by atoms with Gasteiger partial charge in [0, 0.05) is 6.61 Å². The van der Waals surface area contributed by atoms with Gasteiger partial charge in [-0.1, -0.05) is 24.3 Å². The molecular weight excluding hydrogens is 176 g/mol. The highest BCUT2D eigenvalue weighted by Gasteiger charge is 2.19. The Kier molecular flexibility index (Phi) is 3.17. The lowest BCUT2D eigenvalue weighted by Crippen LogP contribution is -2.16. The van der Waals surface area contributed by atoms with Gasteiger partial charge in [0.25, 0.3) is 0 Å². The SMILES string of the molecule is OCCCC1OCCc2ccccc21. The molecule has 0 radical (unpaired) electrons. The van der Waals surface area contributed by atoms with E-state index < -0.39 is 0 Å². The summed E-state index contributed by atoms with van der Waals surface area (Å²) in [7, 11) is 0. The van der Waals surface area contributed by atoms with E-state index in [9.17, 15) is 0 Å². The topological polar surface area (TPSA) is 29.5 Å². The quantitative estimate of drug-likeness (QED) is 0.794. The molecule has 1 atom stereocenters. The third-order valence-corrected chi connectivity index (χ3v) is 2.72. The summed E-state index contributed by atoms with van der Waals surface area (Å²) in [5.41, 5.74) is 2.72. The molecule has 0 saturated heterocycles. The van der Waals surface area contributed by atoms with Crippen LogP contribution in [-0.2, 0) is 11.2 Å². The fourth-order valence-corrected chi connectivity index (χ4v) is 1.99. The van der Waals surface area contributed by atoms with E-state index in [1.54, 1.807) is 0 Å². The van der Waals surface area contributed by atoms with Gasteiger partial charge in [-0.05, 0) is 30.4 Å². The van der Waals surface area contributed by atoms with E-state index >= 15 is 0 Å². The van der Waals surface area contributed by atoms with Crippen LogP contribution in [0.2, 0.25) is 0 Å². The highest BCUT2D eigenvalue weighted by Crippen LogP contribution is 2.29. The number of hydrogen-bond acceptors (Lipinski definition) is 2. The average molecular weight is 192 g/mol. The van der Waals surface area contributed by atoms with E-state index in [2.05, 4.69) is 24.3 Å². The second kappa shape index (κ2) is 4.58. The van der Waals surface area contributed by atoms with Crippen molar-refractivity contribution in [3.8, 4) is 0 Å². The van der Waals surface area contributed by atoms with Gasteiger partial charge in [-0.3, -0.25) is 0 Å². The number of ether oxygens (including phenoxy) is 1. The Labute approximate surface area is 84.5 Å². The van der Waals surface area contributed by atoms with Crippen molar-refractivity contribution in [2.75, 3.05) is 13.2 Å². The molecule has 14 heavy (non-hydrogen) atoms. The molecule has 1 aliphatic rings. The van der Waals surface area contributed by atoms with E-state index in [0.29, 0.717) is 0 Å².